The summed E-state index contributed by atoms with van der Waals surface area (Å²) in [5.74, 6) is 0.849. The molecule has 0 N–H and O–H groups in total. The van der Waals surface area contributed by atoms with Gasteiger partial charge in [-0.05, 0) is 59.9 Å². The molecule has 0 aliphatic heterocycles. The second-order valence-electron chi connectivity index (χ2n) is 10.7. The van der Waals surface area contributed by atoms with Crippen molar-refractivity contribution in [3.05, 3.63) is 60.7 Å². The molecule has 0 saturated heterocycles. The summed E-state index contributed by atoms with van der Waals surface area (Å²) in [5, 5.41) is 2.61. The predicted molar refractivity (Wildman–Crippen MR) is 128 cm³/mol. The number of hydrogen-bond acceptors (Lipinski definition) is 3. The Hall–Kier alpha value is -1.91. The number of carbonyl (C=O) groups excluding carboxylic acids is 1. The molecule has 2 aromatic carbocycles. The smallest absolute Gasteiger partial charge is 0.311 e. The Kier molecular flexibility index (Phi) is 5.91. The molecule has 2 aliphatic rings. The van der Waals surface area contributed by atoms with Gasteiger partial charge in [-0.3, -0.25) is 4.79 Å². The lowest BCUT2D eigenvalue weighted by atomic mass is 9.78. The Bertz CT molecular complexity index is 866. The number of carbonyl (C=O) groups is 1. The van der Waals surface area contributed by atoms with Crippen LogP contribution in [0.2, 0.25) is 5.04 Å². The van der Waals surface area contributed by atoms with Crippen LogP contribution in [0.5, 0.6) is 0 Å². The standard InChI is InChI=1S/C27H36O3Si/c1-26(2,3)31(22-12-8-6-9-13-22,23-14-10-7-11-15-23)30-21-18-20-16-17-27(4,24(20)19-21)25(28)29-5/h6-15,20-21,24H,16-19H2,1-5H3. The van der Waals surface area contributed by atoms with Gasteiger partial charge in [0, 0.05) is 6.10 Å². The summed E-state index contributed by atoms with van der Waals surface area (Å²) in [7, 11) is -1.04. The van der Waals surface area contributed by atoms with Gasteiger partial charge in [-0.1, -0.05) is 81.4 Å². The SMILES string of the molecule is COC(=O)C1(C)CCC2CC(O[Si](c3ccccc3)(c3ccccc3)C(C)(C)C)CC21. The third-order valence-corrected chi connectivity index (χ3v) is 13.0. The number of rotatable bonds is 5. The van der Waals surface area contributed by atoms with Gasteiger partial charge >= 0.3 is 5.97 Å². The molecule has 4 unspecified atom stereocenters. The van der Waals surface area contributed by atoms with Crippen LogP contribution >= 0.6 is 0 Å². The van der Waals surface area contributed by atoms with Gasteiger partial charge in [0.1, 0.15) is 0 Å². The van der Waals surface area contributed by atoms with Gasteiger partial charge in [-0.25, -0.2) is 0 Å². The summed E-state index contributed by atoms with van der Waals surface area (Å²) in [6.07, 6.45) is 4.19. The molecule has 31 heavy (non-hydrogen) atoms. The minimum atomic E-state index is -2.56. The third kappa shape index (κ3) is 3.68. The van der Waals surface area contributed by atoms with Crippen LogP contribution in [0.3, 0.4) is 0 Å². The number of fused-ring (bicyclic) bond motifs is 1. The van der Waals surface area contributed by atoms with Crippen molar-refractivity contribution in [3.63, 3.8) is 0 Å². The van der Waals surface area contributed by atoms with Crippen LogP contribution in [0.4, 0.5) is 0 Å². The van der Waals surface area contributed by atoms with Gasteiger partial charge < -0.3 is 9.16 Å². The average Bonchev–Trinajstić information content (AvgIpc) is 3.32. The van der Waals surface area contributed by atoms with Gasteiger partial charge in [0.25, 0.3) is 8.32 Å². The Morgan fingerprint density at radius 1 is 0.968 bits per heavy atom. The molecule has 2 aromatic rings. The van der Waals surface area contributed by atoms with Gasteiger partial charge in [0.05, 0.1) is 12.5 Å². The van der Waals surface area contributed by atoms with E-state index in [0.29, 0.717) is 11.8 Å². The highest BCUT2D eigenvalue weighted by Crippen LogP contribution is 2.56. The molecule has 3 nitrogen and oxygen atoms in total. The summed E-state index contributed by atoms with van der Waals surface area (Å²) >= 11 is 0. The highest BCUT2D eigenvalue weighted by Gasteiger charge is 2.58. The lowest BCUT2D eigenvalue weighted by molar-refractivity contribution is -0.154. The lowest BCUT2D eigenvalue weighted by Crippen LogP contribution is -2.67. The van der Waals surface area contributed by atoms with Crippen LogP contribution in [-0.2, 0) is 14.0 Å². The van der Waals surface area contributed by atoms with Gasteiger partial charge in [-0.2, -0.15) is 0 Å². The Morgan fingerprint density at radius 3 is 2.00 bits per heavy atom. The number of ether oxygens (including phenoxy) is 1. The fourth-order valence-electron chi connectivity index (χ4n) is 6.37. The van der Waals surface area contributed by atoms with Gasteiger partial charge in [0.15, 0.2) is 0 Å². The molecule has 0 aromatic heterocycles. The van der Waals surface area contributed by atoms with Crippen molar-refractivity contribution in [2.75, 3.05) is 7.11 Å². The van der Waals surface area contributed by atoms with Gasteiger partial charge in [0.2, 0.25) is 0 Å². The predicted octanol–water partition coefficient (Wildman–Crippen LogP) is 4.93. The Labute approximate surface area is 188 Å². The summed E-state index contributed by atoms with van der Waals surface area (Å²) in [6.45, 7) is 9.09. The van der Waals surface area contributed by atoms with Crippen molar-refractivity contribution >= 4 is 24.7 Å². The normalized spacial score (nSPS) is 28.4. The molecule has 2 saturated carbocycles. The summed E-state index contributed by atoms with van der Waals surface area (Å²) in [6, 6.07) is 21.7. The molecule has 4 atom stereocenters. The molecular formula is C27H36O3Si. The van der Waals surface area contributed by atoms with E-state index in [0.717, 1.165) is 25.7 Å². The Balaban J connectivity index is 1.73. The quantitative estimate of drug-likeness (QED) is 0.492. The first-order valence-electron chi connectivity index (χ1n) is 11.6. The first-order chi connectivity index (χ1) is 14.7. The number of methoxy groups -OCH3 is 1. The zero-order valence-electron chi connectivity index (χ0n) is 19.6. The monoisotopic (exact) mass is 436 g/mol. The maximum absolute atomic E-state index is 12.6. The van der Waals surface area contributed by atoms with Crippen LogP contribution in [-0.4, -0.2) is 27.5 Å². The summed E-state index contributed by atoms with van der Waals surface area (Å²) in [5.41, 5.74) is -0.372. The van der Waals surface area contributed by atoms with E-state index < -0.39 is 8.32 Å². The van der Waals surface area contributed by atoms with Crippen LogP contribution in [0, 0.1) is 17.3 Å². The van der Waals surface area contributed by atoms with E-state index in [2.05, 4.69) is 88.4 Å². The van der Waals surface area contributed by atoms with Crippen molar-refractivity contribution < 1.29 is 14.0 Å². The maximum Gasteiger partial charge on any atom is 0.311 e. The fraction of sp³-hybridized carbons (Fsp3) is 0.519. The Morgan fingerprint density at radius 2 is 1.52 bits per heavy atom. The lowest BCUT2D eigenvalue weighted by Gasteiger charge is -2.45. The third-order valence-electron chi connectivity index (χ3n) is 7.92. The second kappa shape index (κ2) is 8.21. The molecular weight excluding hydrogens is 400 g/mol. The molecule has 4 heteroatoms. The molecule has 0 amide bonds. The molecule has 0 radical (unpaired) electrons. The maximum atomic E-state index is 12.6. The summed E-state index contributed by atoms with van der Waals surface area (Å²) < 4.78 is 12.6. The fourth-order valence-corrected chi connectivity index (χ4v) is 11.1. The molecule has 2 fully saturated rings. The largest absolute Gasteiger partial charge is 0.469 e. The zero-order chi connectivity index (χ0) is 22.3. The van der Waals surface area contributed by atoms with Crippen LogP contribution in [0.25, 0.3) is 0 Å². The minimum Gasteiger partial charge on any atom is -0.469 e. The van der Waals surface area contributed by atoms with E-state index in [9.17, 15) is 4.79 Å². The molecule has 0 bridgehead atoms. The molecule has 0 spiro atoms. The van der Waals surface area contributed by atoms with E-state index in [1.165, 1.54) is 17.5 Å². The van der Waals surface area contributed by atoms with Crippen molar-refractivity contribution in [2.24, 2.45) is 17.3 Å². The van der Waals surface area contributed by atoms with E-state index >= 15 is 0 Å². The average molecular weight is 437 g/mol. The molecule has 166 valence electrons. The summed E-state index contributed by atoms with van der Waals surface area (Å²) in [4.78, 5) is 12.6. The van der Waals surface area contributed by atoms with Crippen LogP contribution < -0.4 is 10.4 Å². The van der Waals surface area contributed by atoms with Crippen molar-refractivity contribution in [2.45, 2.75) is 64.5 Å². The minimum absolute atomic E-state index is 0.0287. The number of benzene rings is 2. The molecule has 2 aliphatic carbocycles. The first kappa shape index (κ1) is 22.3. The van der Waals surface area contributed by atoms with E-state index in [4.69, 9.17) is 9.16 Å². The van der Waals surface area contributed by atoms with E-state index in [-0.39, 0.29) is 22.5 Å². The highest BCUT2D eigenvalue weighted by molar-refractivity contribution is 6.99. The molecule has 4 rings (SSSR count). The van der Waals surface area contributed by atoms with E-state index in [1.54, 1.807) is 0 Å². The van der Waals surface area contributed by atoms with E-state index in [1.807, 2.05) is 0 Å². The second-order valence-corrected chi connectivity index (χ2v) is 14.9. The molecule has 0 heterocycles. The zero-order valence-corrected chi connectivity index (χ0v) is 20.6. The van der Waals surface area contributed by atoms with Crippen molar-refractivity contribution in [3.8, 4) is 0 Å². The number of esters is 1. The first-order valence-corrected chi connectivity index (χ1v) is 13.5. The van der Waals surface area contributed by atoms with Gasteiger partial charge in [-0.15, -0.1) is 0 Å². The number of hydrogen-bond donors (Lipinski definition) is 0. The van der Waals surface area contributed by atoms with Crippen LogP contribution in [0.1, 0.15) is 53.4 Å². The van der Waals surface area contributed by atoms with Crippen molar-refractivity contribution in [1.82, 2.24) is 0 Å². The highest BCUT2D eigenvalue weighted by atomic mass is 28.4. The van der Waals surface area contributed by atoms with Crippen molar-refractivity contribution in [1.29, 1.82) is 0 Å². The van der Waals surface area contributed by atoms with Crippen LogP contribution in [0.15, 0.2) is 60.7 Å². The topological polar surface area (TPSA) is 35.5 Å².